The first-order valence-electron chi connectivity index (χ1n) is 6.78. The molecule has 1 aliphatic carbocycles. The van der Waals surface area contributed by atoms with E-state index in [0.717, 1.165) is 5.70 Å². The van der Waals surface area contributed by atoms with E-state index in [1.807, 2.05) is 11.8 Å². The zero-order chi connectivity index (χ0) is 14.3. The lowest BCUT2D eigenvalue weighted by Crippen LogP contribution is -2.34. The van der Waals surface area contributed by atoms with Gasteiger partial charge in [0.15, 0.2) is 0 Å². The predicted molar refractivity (Wildman–Crippen MR) is 87.4 cm³/mol. The van der Waals surface area contributed by atoms with Crippen molar-refractivity contribution in [3.8, 4) is 0 Å². The van der Waals surface area contributed by atoms with Crippen LogP contribution in [0, 0.1) is 6.08 Å². The monoisotopic (exact) mass is 286 g/mol. The highest BCUT2D eigenvalue weighted by molar-refractivity contribution is 8.00. The fourth-order valence-corrected chi connectivity index (χ4v) is 3.64. The Morgan fingerprint density at radius 1 is 1.15 bits per heavy atom. The van der Waals surface area contributed by atoms with Crippen LogP contribution in [0.15, 0.2) is 40.9 Å². The molecule has 3 rings (SSSR count). The molecule has 1 aromatic rings. The SMILES string of the molecule is CN(C)C1=CC2Sc3cc(N(C)C)ccc3NC2C=[C+]1. The van der Waals surface area contributed by atoms with E-state index in [4.69, 9.17) is 0 Å². The van der Waals surface area contributed by atoms with Crippen molar-refractivity contribution >= 4 is 23.1 Å². The molecule has 104 valence electrons. The number of benzene rings is 1. The second-order valence-corrected chi connectivity index (χ2v) is 6.80. The van der Waals surface area contributed by atoms with Gasteiger partial charge in [-0.3, -0.25) is 0 Å². The van der Waals surface area contributed by atoms with Crippen LogP contribution in [0.5, 0.6) is 0 Å². The first-order valence-corrected chi connectivity index (χ1v) is 7.66. The Kier molecular flexibility index (Phi) is 3.36. The summed E-state index contributed by atoms with van der Waals surface area (Å²) in [5.74, 6) is 0. The summed E-state index contributed by atoms with van der Waals surface area (Å²) in [7, 11) is 8.28. The van der Waals surface area contributed by atoms with E-state index in [-0.39, 0.29) is 0 Å². The van der Waals surface area contributed by atoms with Crippen molar-refractivity contribution in [1.29, 1.82) is 0 Å². The molecule has 0 amide bonds. The van der Waals surface area contributed by atoms with Gasteiger partial charge in [-0.05, 0) is 18.2 Å². The van der Waals surface area contributed by atoms with Crippen LogP contribution in [0.3, 0.4) is 0 Å². The van der Waals surface area contributed by atoms with E-state index < -0.39 is 0 Å². The fourth-order valence-electron chi connectivity index (χ4n) is 2.42. The summed E-state index contributed by atoms with van der Waals surface area (Å²) >= 11 is 1.93. The first kappa shape index (κ1) is 13.3. The molecule has 4 heteroatoms. The molecule has 0 bridgehead atoms. The molecule has 1 aliphatic heterocycles. The van der Waals surface area contributed by atoms with Gasteiger partial charge in [0.2, 0.25) is 0 Å². The van der Waals surface area contributed by atoms with Gasteiger partial charge in [0.1, 0.15) is 17.4 Å². The number of rotatable bonds is 2. The van der Waals surface area contributed by atoms with Gasteiger partial charge in [0, 0.05) is 44.5 Å². The number of allylic oxidation sites excluding steroid dienone is 1. The molecule has 1 N–H and O–H groups in total. The third kappa shape index (κ3) is 2.37. The molecule has 0 spiro atoms. The van der Waals surface area contributed by atoms with E-state index in [1.165, 1.54) is 16.3 Å². The van der Waals surface area contributed by atoms with Gasteiger partial charge in [-0.25, -0.2) is 0 Å². The van der Waals surface area contributed by atoms with Crippen molar-refractivity contribution in [1.82, 2.24) is 4.90 Å². The van der Waals surface area contributed by atoms with Crippen molar-refractivity contribution < 1.29 is 0 Å². The van der Waals surface area contributed by atoms with Crippen molar-refractivity contribution in [2.24, 2.45) is 0 Å². The highest BCUT2D eigenvalue weighted by Crippen LogP contribution is 2.42. The number of thioether (sulfide) groups is 1. The second-order valence-electron chi connectivity index (χ2n) is 5.58. The molecule has 0 aromatic heterocycles. The van der Waals surface area contributed by atoms with Crippen LogP contribution >= 0.6 is 11.8 Å². The Bertz CT molecular complexity index is 575. The number of hydrogen-bond donors (Lipinski definition) is 1. The molecule has 2 atom stereocenters. The Hall–Kier alpha value is -1.64. The highest BCUT2D eigenvalue weighted by Gasteiger charge is 2.34. The number of nitrogens with zero attached hydrogens (tertiary/aromatic N) is 2. The average molecular weight is 286 g/mol. The molecular formula is C16H20N3S+. The van der Waals surface area contributed by atoms with E-state index >= 15 is 0 Å². The van der Waals surface area contributed by atoms with Crippen LogP contribution in [0.1, 0.15) is 0 Å². The molecule has 1 heterocycles. The van der Waals surface area contributed by atoms with Gasteiger partial charge in [-0.15, -0.1) is 0 Å². The molecule has 3 nitrogen and oxygen atoms in total. The number of fused-ring (bicyclic) bond motifs is 2. The van der Waals surface area contributed by atoms with E-state index in [2.05, 4.69) is 79.7 Å². The zero-order valence-corrected chi connectivity index (χ0v) is 13.2. The van der Waals surface area contributed by atoms with E-state index in [9.17, 15) is 0 Å². The summed E-state index contributed by atoms with van der Waals surface area (Å²) in [6.45, 7) is 0. The van der Waals surface area contributed by atoms with Gasteiger partial charge >= 0.3 is 0 Å². The summed E-state index contributed by atoms with van der Waals surface area (Å²) in [5, 5.41) is 4.03. The molecule has 1 aromatic carbocycles. The molecule has 2 aliphatic rings. The minimum atomic E-state index is 0.335. The van der Waals surface area contributed by atoms with E-state index in [0.29, 0.717) is 11.3 Å². The third-order valence-electron chi connectivity index (χ3n) is 3.64. The summed E-state index contributed by atoms with van der Waals surface area (Å²) in [6.07, 6.45) is 7.80. The Balaban J connectivity index is 1.90. The lowest BCUT2D eigenvalue weighted by atomic mass is 10.0. The van der Waals surface area contributed by atoms with E-state index in [1.54, 1.807) is 0 Å². The van der Waals surface area contributed by atoms with Crippen LogP contribution in [-0.2, 0) is 0 Å². The molecular weight excluding hydrogens is 266 g/mol. The smallest absolute Gasteiger partial charge is 0.259 e. The molecule has 0 saturated heterocycles. The van der Waals surface area contributed by atoms with Crippen LogP contribution in [-0.4, -0.2) is 44.4 Å². The van der Waals surface area contributed by atoms with Gasteiger partial charge in [-0.2, -0.15) is 0 Å². The summed E-state index contributed by atoms with van der Waals surface area (Å²) in [4.78, 5) is 5.57. The molecule has 0 radical (unpaired) electrons. The number of likely N-dealkylation sites (N-methyl/N-ethyl adjacent to an activating group) is 1. The van der Waals surface area contributed by atoms with Crippen molar-refractivity contribution in [2.45, 2.75) is 16.2 Å². The number of hydrogen-bond acceptors (Lipinski definition) is 4. The zero-order valence-electron chi connectivity index (χ0n) is 12.3. The van der Waals surface area contributed by atoms with Gasteiger partial charge in [0.25, 0.3) is 5.70 Å². The minimum Gasteiger partial charge on any atom is -0.378 e. The average Bonchev–Trinajstić information content (AvgIpc) is 2.43. The summed E-state index contributed by atoms with van der Waals surface area (Å²) in [6, 6.07) is 6.92. The summed E-state index contributed by atoms with van der Waals surface area (Å²) in [5.41, 5.74) is 3.63. The van der Waals surface area contributed by atoms with Crippen LogP contribution in [0.4, 0.5) is 11.4 Å². The maximum absolute atomic E-state index is 3.60. The molecule has 0 saturated carbocycles. The molecule has 20 heavy (non-hydrogen) atoms. The van der Waals surface area contributed by atoms with Crippen LogP contribution in [0.25, 0.3) is 0 Å². The van der Waals surface area contributed by atoms with Gasteiger partial charge < -0.3 is 15.1 Å². The lowest BCUT2D eigenvalue weighted by molar-refractivity contribution is 0.518. The fraction of sp³-hybridized carbons (Fsp3) is 0.375. The highest BCUT2D eigenvalue weighted by atomic mass is 32.2. The largest absolute Gasteiger partial charge is 0.378 e. The Morgan fingerprint density at radius 2 is 1.95 bits per heavy atom. The van der Waals surface area contributed by atoms with Crippen LogP contribution < -0.4 is 10.2 Å². The summed E-state index contributed by atoms with van der Waals surface area (Å²) < 4.78 is 0. The predicted octanol–water partition coefficient (Wildman–Crippen LogP) is 2.83. The van der Waals surface area contributed by atoms with Gasteiger partial charge in [-0.1, -0.05) is 11.8 Å². The first-order chi connectivity index (χ1) is 9.54. The normalized spacial score (nSPS) is 22.9. The molecule has 0 fully saturated rings. The topological polar surface area (TPSA) is 18.5 Å². The van der Waals surface area contributed by atoms with Crippen molar-refractivity contribution in [2.75, 3.05) is 38.4 Å². The van der Waals surface area contributed by atoms with Crippen molar-refractivity contribution in [3.63, 3.8) is 0 Å². The number of nitrogens with one attached hydrogen (secondary N) is 1. The quantitative estimate of drug-likeness (QED) is 0.842. The lowest BCUT2D eigenvalue weighted by Gasteiger charge is -2.30. The maximum Gasteiger partial charge on any atom is 0.259 e. The second kappa shape index (κ2) is 5.04. The van der Waals surface area contributed by atoms with Crippen molar-refractivity contribution in [3.05, 3.63) is 42.1 Å². The maximum atomic E-state index is 3.60. The van der Waals surface area contributed by atoms with Gasteiger partial charge in [0.05, 0.1) is 12.2 Å². The Labute approximate surface area is 125 Å². The Morgan fingerprint density at radius 3 is 2.65 bits per heavy atom. The third-order valence-corrected chi connectivity index (χ3v) is 4.93. The minimum absolute atomic E-state index is 0.335. The van der Waals surface area contributed by atoms with Crippen LogP contribution in [0.2, 0.25) is 0 Å². The standard InChI is InChI=1S/C16H20N3S/c1-18(2)11-5-7-13-15(9-11)20-16-10-12(19(3)4)6-8-14(16)17-13/h5,7-10,14,16-17H,1-4H3/q+1. The number of anilines is 2. The molecule has 2 unspecified atom stereocenters.